The van der Waals surface area contributed by atoms with Crippen LogP contribution in [0.4, 0.5) is 0 Å². The van der Waals surface area contributed by atoms with Crippen LogP contribution in [0, 0.1) is 0 Å². The van der Waals surface area contributed by atoms with Crippen molar-refractivity contribution in [3.05, 3.63) is 29.3 Å². The average Bonchev–Trinajstić information content (AvgIpc) is 2.62. The SMILES string of the molecule is CCCCCCC(O)(CCCC)C(C)(C(=O)O)c1ccc(O)cc1CC. The van der Waals surface area contributed by atoms with Crippen LogP contribution in [-0.4, -0.2) is 26.9 Å². The highest BCUT2D eigenvalue weighted by atomic mass is 16.4. The van der Waals surface area contributed by atoms with Crippen LogP contribution in [0.15, 0.2) is 18.2 Å². The maximum Gasteiger partial charge on any atom is 0.316 e. The summed E-state index contributed by atoms with van der Waals surface area (Å²) in [5.41, 5.74) is -1.34. The molecule has 0 saturated carbocycles. The minimum absolute atomic E-state index is 0.124. The molecule has 0 aliphatic carbocycles. The summed E-state index contributed by atoms with van der Waals surface area (Å²) in [5, 5.41) is 31.6. The van der Waals surface area contributed by atoms with Gasteiger partial charge in [0.25, 0.3) is 0 Å². The summed E-state index contributed by atoms with van der Waals surface area (Å²) >= 11 is 0. The Morgan fingerprint density at radius 2 is 1.62 bits per heavy atom. The molecule has 4 nitrogen and oxygen atoms in total. The molecule has 0 bridgehead atoms. The molecule has 0 saturated heterocycles. The minimum Gasteiger partial charge on any atom is -0.508 e. The smallest absolute Gasteiger partial charge is 0.316 e. The van der Waals surface area contributed by atoms with E-state index in [1.54, 1.807) is 19.1 Å². The molecule has 0 aromatic heterocycles. The van der Waals surface area contributed by atoms with Gasteiger partial charge in [0.1, 0.15) is 11.2 Å². The Bertz CT molecular complexity index is 584. The highest BCUT2D eigenvalue weighted by Gasteiger charge is 2.53. The van der Waals surface area contributed by atoms with Gasteiger partial charge in [-0.15, -0.1) is 0 Å². The van der Waals surface area contributed by atoms with Gasteiger partial charge in [0.05, 0.1) is 5.60 Å². The molecule has 1 aromatic carbocycles. The van der Waals surface area contributed by atoms with Gasteiger partial charge in [0.2, 0.25) is 0 Å². The largest absolute Gasteiger partial charge is 0.508 e. The lowest BCUT2D eigenvalue weighted by atomic mass is 9.63. The number of aliphatic hydroxyl groups is 1. The first-order valence-corrected chi connectivity index (χ1v) is 10.0. The molecule has 1 rings (SSSR count). The number of hydrogen-bond donors (Lipinski definition) is 3. The molecule has 0 amide bonds. The number of aromatic hydroxyl groups is 1. The lowest BCUT2D eigenvalue weighted by Gasteiger charge is -2.44. The van der Waals surface area contributed by atoms with Crippen molar-refractivity contribution >= 4 is 5.97 Å². The van der Waals surface area contributed by atoms with Gasteiger partial charge in [-0.2, -0.15) is 0 Å². The summed E-state index contributed by atoms with van der Waals surface area (Å²) in [6.07, 6.45) is 7.23. The number of phenols is 1. The Morgan fingerprint density at radius 1 is 1.00 bits per heavy atom. The number of hydrogen-bond acceptors (Lipinski definition) is 3. The molecular weight excluding hydrogens is 328 g/mol. The molecule has 3 N–H and O–H groups in total. The van der Waals surface area contributed by atoms with E-state index in [0.29, 0.717) is 24.8 Å². The molecule has 2 atom stereocenters. The van der Waals surface area contributed by atoms with Crippen molar-refractivity contribution in [1.82, 2.24) is 0 Å². The molecule has 0 aliphatic heterocycles. The number of aliphatic carboxylic acids is 1. The van der Waals surface area contributed by atoms with Gasteiger partial charge in [-0.05, 0) is 49.4 Å². The van der Waals surface area contributed by atoms with Gasteiger partial charge in [0, 0.05) is 0 Å². The molecule has 26 heavy (non-hydrogen) atoms. The lowest BCUT2D eigenvalue weighted by molar-refractivity contribution is -0.157. The van der Waals surface area contributed by atoms with Crippen molar-refractivity contribution in [2.24, 2.45) is 0 Å². The van der Waals surface area contributed by atoms with Gasteiger partial charge in [-0.25, -0.2) is 0 Å². The number of carboxylic acids is 1. The van der Waals surface area contributed by atoms with Crippen molar-refractivity contribution in [1.29, 1.82) is 0 Å². The number of benzene rings is 1. The van der Waals surface area contributed by atoms with Crippen LogP contribution in [0.5, 0.6) is 5.75 Å². The van der Waals surface area contributed by atoms with Crippen LogP contribution in [0.3, 0.4) is 0 Å². The van der Waals surface area contributed by atoms with Crippen LogP contribution >= 0.6 is 0 Å². The van der Waals surface area contributed by atoms with E-state index in [1.807, 2.05) is 13.8 Å². The number of rotatable bonds is 12. The molecular formula is C22H36O4. The van der Waals surface area contributed by atoms with Crippen molar-refractivity contribution in [2.75, 3.05) is 0 Å². The normalized spacial score (nSPS) is 16.0. The van der Waals surface area contributed by atoms with Gasteiger partial charge in [-0.1, -0.05) is 65.4 Å². The summed E-state index contributed by atoms with van der Waals surface area (Å²) in [7, 11) is 0. The van der Waals surface area contributed by atoms with Crippen LogP contribution in [0.1, 0.15) is 90.2 Å². The summed E-state index contributed by atoms with van der Waals surface area (Å²) < 4.78 is 0. The maximum atomic E-state index is 12.5. The molecule has 4 heteroatoms. The molecule has 1 aromatic rings. The number of carboxylic acid groups (broad SMARTS) is 1. The number of unbranched alkanes of at least 4 members (excludes halogenated alkanes) is 4. The van der Waals surface area contributed by atoms with Crippen molar-refractivity contribution in [3.63, 3.8) is 0 Å². The first-order chi connectivity index (χ1) is 12.3. The highest BCUT2D eigenvalue weighted by molar-refractivity contribution is 5.83. The van der Waals surface area contributed by atoms with E-state index in [9.17, 15) is 20.1 Å². The first-order valence-electron chi connectivity index (χ1n) is 10.0. The van der Waals surface area contributed by atoms with Crippen LogP contribution < -0.4 is 0 Å². The second kappa shape index (κ2) is 9.96. The Labute approximate surface area is 158 Å². The summed E-state index contributed by atoms with van der Waals surface area (Å²) in [5.74, 6) is -0.884. The summed E-state index contributed by atoms with van der Waals surface area (Å²) in [6.45, 7) is 7.77. The van der Waals surface area contributed by atoms with Crippen molar-refractivity contribution in [3.8, 4) is 5.75 Å². The van der Waals surface area contributed by atoms with Gasteiger partial charge in [0.15, 0.2) is 0 Å². The Kier molecular flexibility index (Phi) is 8.61. The molecule has 2 unspecified atom stereocenters. The second-order valence-corrected chi connectivity index (χ2v) is 7.57. The van der Waals surface area contributed by atoms with E-state index in [4.69, 9.17) is 0 Å². The predicted molar refractivity (Wildman–Crippen MR) is 106 cm³/mol. The number of carbonyl (C=O) groups is 1. The third kappa shape index (κ3) is 4.79. The van der Waals surface area contributed by atoms with Crippen LogP contribution in [-0.2, 0) is 16.6 Å². The fourth-order valence-electron chi connectivity index (χ4n) is 3.86. The number of aryl methyl sites for hydroxylation is 1. The first kappa shape index (κ1) is 22.5. The fourth-order valence-corrected chi connectivity index (χ4v) is 3.86. The quantitative estimate of drug-likeness (QED) is 0.446. The molecule has 0 fully saturated rings. The van der Waals surface area contributed by atoms with E-state index in [0.717, 1.165) is 44.1 Å². The standard InChI is InChI=1S/C22H36O4/c1-5-8-10-11-15-22(26,14-9-6-2)21(4,20(24)25)19-13-12-18(23)16-17(19)7-3/h12-13,16,23,26H,5-11,14-15H2,1-4H3,(H,24,25). The van der Waals surface area contributed by atoms with E-state index in [2.05, 4.69) is 6.92 Å². The van der Waals surface area contributed by atoms with Gasteiger partial charge in [-0.3, -0.25) is 4.79 Å². The minimum atomic E-state index is -1.41. The number of phenolic OH excluding ortho intramolecular Hbond substituents is 1. The molecule has 0 radical (unpaired) electrons. The van der Waals surface area contributed by atoms with E-state index < -0.39 is 17.0 Å². The van der Waals surface area contributed by atoms with Crippen LogP contribution in [0.25, 0.3) is 0 Å². The van der Waals surface area contributed by atoms with Gasteiger partial charge >= 0.3 is 5.97 Å². The van der Waals surface area contributed by atoms with Gasteiger partial charge < -0.3 is 15.3 Å². The lowest BCUT2D eigenvalue weighted by Crippen LogP contribution is -2.55. The monoisotopic (exact) mass is 364 g/mol. The Hall–Kier alpha value is -1.55. The van der Waals surface area contributed by atoms with E-state index in [-0.39, 0.29) is 5.75 Å². The Morgan fingerprint density at radius 3 is 2.15 bits per heavy atom. The topological polar surface area (TPSA) is 77.8 Å². The van der Waals surface area contributed by atoms with Crippen LogP contribution in [0.2, 0.25) is 0 Å². The van der Waals surface area contributed by atoms with Crippen molar-refractivity contribution < 1.29 is 20.1 Å². The average molecular weight is 365 g/mol. The van der Waals surface area contributed by atoms with Crippen molar-refractivity contribution in [2.45, 2.75) is 96.5 Å². The third-order valence-electron chi connectivity index (χ3n) is 5.75. The molecule has 0 spiro atoms. The summed E-state index contributed by atoms with van der Waals surface area (Å²) in [6, 6.07) is 4.81. The molecule has 148 valence electrons. The molecule has 0 aliphatic rings. The van der Waals surface area contributed by atoms with E-state index >= 15 is 0 Å². The summed E-state index contributed by atoms with van der Waals surface area (Å²) in [4.78, 5) is 12.5. The zero-order chi connectivity index (χ0) is 19.8. The zero-order valence-corrected chi connectivity index (χ0v) is 16.8. The second-order valence-electron chi connectivity index (χ2n) is 7.57. The third-order valence-corrected chi connectivity index (χ3v) is 5.75. The predicted octanol–water partition coefficient (Wildman–Crippen LogP) is 5.19. The Balaban J connectivity index is 3.39. The fraction of sp³-hybridized carbons (Fsp3) is 0.682. The highest BCUT2D eigenvalue weighted by Crippen LogP contribution is 2.44. The maximum absolute atomic E-state index is 12.5. The zero-order valence-electron chi connectivity index (χ0n) is 16.8. The molecule has 0 heterocycles. The van der Waals surface area contributed by atoms with E-state index in [1.165, 1.54) is 6.07 Å².